The SMILES string of the molecule is CCC(COc1ccc(NC(C)=O)c([N+](=O)[O-])c1)C(C)(C)C(=O)O. The van der Waals surface area contributed by atoms with Crippen LogP contribution in [0, 0.1) is 21.4 Å². The Balaban J connectivity index is 2.96. The van der Waals surface area contributed by atoms with Crippen molar-refractivity contribution >= 4 is 23.3 Å². The number of benzene rings is 1. The molecule has 0 aliphatic heterocycles. The van der Waals surface area contributed by atoms with E-state index in [4.69, 9.17) is 4.74 Å². The van der Waals surface area contributed by atoms with Gasteiger partial charge in [-0.1, -0.05) is 6.92 Å². The van der Waals surface area contributed by atoms with Crippen molar-refractivity contribution in [2.75, 3.05) is 11.9 Å². The quantitative estimate of drug-likeness (QED) is 0.555. The van der Waals surface area contributed by atoms with Gasteiger partial charge < -0.3 is 15.2 Å². The number of hydrogen-bond acceptors (Lipinski definition) is 5. The smallest absolute Gasteiger partial charge is 0.309 e. The fourth-order valence-corrected chi connectivity index (χ4v) is 2.26. The Kier molecular flexibility index (Phi) is 6.27. The van der Waals surface area contributed by atoms with Crippen LogP contribution in [-0.4, -0.2) is 28.5 Å². The molecular formula is C16H22N2O6. The van der Waals surface area contributed by atoms with Crippen molar-refractivity contribution in [3.8, 4) is 5.75 Å². The number of nitrogens with zero attached hydrogens (tertiary/aromatic N) is 1. The summed E-state index contributed by atoms with van der Waals surface area (Å²) in [6.07, 6.45) is 0.589. The van der Waals surface area contributed by atoms with Gasteiger partial charge in [0, 0.05) is 12.8 Å². The Bertz CT molecular complexity index is 641. The maximum Gasteiger partial charge on any atom is 0.309 e. The summed E-state index contributed by atoms with van der Waals surface area (Å²) in [6.45, 7) is 6.48. The van der Waals surface area contributed by atoms with Gasteiger partial charge in [0.25, 0.3) is 5.69 Å². The van der Waals surface area contributed by atoms with Crippen LogP contribution in [0.4, 0.5) is 11.4 Å². The average molecular weight is 338 g/mol. The van der Waals surface area contributed by atoms with Gasteiger partial charge in [-0.3, -0.25) is 19.7 Å². The molecule has 0 bridgehead atoms. The fraction of sp³-hybridized carbons (Fsp3) is 0.500. The molecule has 0 aromatic heterocycles. The van der Waals surface area contributed by atoms with Crippen LogP contribution >= 0.6 is 0 Å². The van der Waals surface area contributed by atoms with Gasteiger partial charge >= 0.3 is 5.97 Å². The van der Waals surface area contributed by atoms with Crippen molar-refractivity contribution < 1.29 is 24.4 Å². The number of nitro groups is 1. The zero-order valence-corrected chi connectivity index (χ0v) is 14.2. The van der Waals surface area contributed by atoms with Crippen molar-refractivity contribution in [2.24, 2.45) is 11.3 Å². The topological polar surface area (TPSA) is 119 Å². The van der Waals surface area contributed by atoms with Gasteiger partial charge in [-0.25, -0.2) is 0 Å². The Morgan fingerprint density at radius 2 is 2.04 bits per heavy atom. The Hall–Kier alpha value is -2.64. The predicted octanol–water partition coefficient (Wildman–Crippen LogP) is 3.07. The first-order valence-electron chi connectivity index (χ1n) is 7.51. The third-order valence-electron chi connectivity index (χ3n) is 3.99. The molecule has 2 N–H and O–H groups in total. The molecule has 1 rings (SSSR count). The highest BCUT2D eigenvalue weighted by Crippen LogP contribution is 2.32. The number of carbonyl (C=O) groups excluding carboxylic acids is 1. The molecule has 1 aromatic carbocycles. The molecule has 0 fully saturated rings. The zero-order chi connectivity index (χ0) is 18.5. The third kappa shape index (κ3) is 4.68. The normalized spacial score (nSPS) is 12.3. The second-order valence-corrected chi connectivity index (χ2v) is 6.06. The fourth-order valence-electron chi connectivity index (χ4n) is 2.26. The van der Waals surface area contributed by atoms with Crippen molar-refractivity contribution in [3.63, 3.8) is 0 Å². The van der Waals surface area contributed by atoms with E-state index in [1.165, 1.54) is 25.1 Å². The van der Waals surface area contributed by atoms with E-state index >= 15 is 0 Å². The van der Waals surface area contributed by atoms with Gasteiger partial charge in [0.15, 0.2) is 0 Å². The number of nitrogens with one attached hydrogen (secondary N) is 1. The number of rotatable bonds is 8. The summed E-state index contributed by atoms with van der Waals surface area (Å²) >= 11 is 0. The minimum Gasteiger partial charge on any atom is -0.493 e. The number of carbonyl (C=O) groups is 2. The number of hydrogen-bond donors (Lipinski definition) is 2. The first kappa shape index (κ1) is 19.4. The Morgan fingerprint density at radius 3 is 2.50 bits per heavy atom. The third-order valence-corrected chi connectivity index (χ3v) is 3.99. The van der Waals surface area contributed by atoms with Gasteiger partial charge in [0.2, 0.25) is 5.91 Å². The number of carboxylic acid groups (broad SMARTS) is 1. The second-order valence-electron chi connectivity index (χ2n) is 6.06. The number of amides is 1. The molecule has 0 aliphatic carbocycles. The van der Waals surface area contributed by atoms with Crippen LogP contribution in [0.5, 0.6) is 5.75 Å². The molecular weight excluding hydrogens is 316 g/mol. The van der Waals surface area contributed by atoms with Crippen LogP contribution in [0.3, 0.4) is 0 Å². The van der Waals surface area contributed by atoms with Crippen molar-refractivity contribution in [3.05, 3.63) is 28.3 Å². The molecule has 8 heteroatoms. The van der Waals surface area contributed by atoms with Crippen LogP contribution in [-0.2, 0) is 9.59 Å². The molecule has 0 aliphatic rings. The van der Waals surface area contributed by atoms with Crippen LogP contribution in [0.25, 0.3) is 0 Å². The van der Waals surface area contributed by atoms with E-state index in [0.29, 0.717) is 6.42 Å². The zero-order valence-electron chi connectivity index (χ0n) is 14.2. The van der Waals surface area contributed by atoms with E-state index in [2.05, 4.69) is 5.32 Å². The minimum atomic E-state index is -0.975. The highest BCUT2D eigenvalue weighted by atomic mass is 16.6. The van der Waals surface area contributed by atoms with Crippen molar-refractivity contribution in [2.45, 2.75) is 34.1 Å². The van der Waals surface area contributed by atoms with E-state index in [0.717, 1.165) is 0 Å². The van der Waals surface area contributed by atoms with Gasteiger partial charge in [0.05, 0.1) is 23.0 Å². The van der Waals surface area contributed by atoms with Crippen LogP contribution in [0.2, 0.25) is 0 Å². The Morgan fingerprint density at radius 1 is 1.42 bits per heavy atom. The van der Waals surface area contributed by atoms with Crippen LogP contribution in [0.1, 0.15) is 34.1 Å². The molecule has 8 nitrogen and oxygen atoms in total. The van der Waals surface area contributed by atoms with E-state index in [1.54, 1.807) is 13.8 Å². The summed E-state index contributed by atoms with van der Waals surface area (Å²) < 4.78 is 5.57. The van der Waals surface area contributed by atoms with Gasteiger partial charge in [-0.05, 0) is 32.4 Å². The molecule has 0 saturated carbocycles. The molecule has 132 valence electrons. The largest absolute Gasteiger partial charge is 0.493 e. The average Bonchev–Trinajstić information content (AvgIpc) is 2.47. The summed E-state index contributed by atoms with van der Waals surface area (Å²) in [7, 11) is 0. The molecule has 1 amide bonds. The Labute approximate surface area is 140 Å². The maximum atomic E-state index is 11.3. The molecule has 1 atom stereocenters. The molecule has 1 aromatic rings. The van der Waals surface area contributed by atoms with Crippen LogP contribution < -0.4 is 10.1 Å². The number of carboxylic acids is 1. The summed E-state index contributed by atoms with van der Waals surface area (Å²) in [5, 5.41) is 22.8. The highest BCUT2D eigenvalue weighted by Gasteiger charge is 2.36. The van der Waals surface area contributed by atoms with Crippen LogP contribution in [0.15, 0.2) is 18.2 Å². The standard InChI is InChI=1S/C16H22N2O6/c1-5-11(16(3,4)15(20)21)9-24-12-6-7-13(17-10(2)19)14(8-12)18(22)23/h6-8,11H,5,9H2,1-4H3,(H,17,19)(H,20,21). The first-order valence-corrected chi connectivity index (χ1v) is 7.51. The van der Waals surface area contributed by atoms with Gasteiger partial charge in [-0.15, -0.1) is 0 Å². The molecule has 0 radical (unpaired) electrons. The second kappa shape index (κ2) is 7.76. The maximum absolute atomic E-state index is 11.3. The lowest BCUT2D eigenvalue weighted by molar-refractivity contribution is -0.384. The lowest BCUT2D eigenvalue weighted by Gasteiger charge is -2.29. The minimum absolute atomic E-state index is 0.0813. The molecule has 0 spiro atoms. The number of nitro benzene ring substituents is 1. The van der Waals surface area contributed by atoms with Gasteiger partial charge in [-0.2, -0.15) is 0 Å². The number of ether oxygens (including phenoxy) is 1. The van der Waals surface area contributed by atoms with E-state index < -0.39 is 22.2 Å². The molecule has 0 saturated heterocycles. The number of aliphatic carboxylic acids is 1. The number of anilines is 1. The monoisotopic (exact) mass is 338 g/mol. The summed E-state index contributed by atoms with van der Waals surface area (Å²) in [4.78, 5) is 32.9. The summed E-state index contributed by atoms with van der Waals surface area (Å²) in [5.74, 6) is -1.36. The lowest BCUT2D eigenvalue weighted by Crippen LogP contribution is -2.36. The highest BCUT2D eigenvalue weighted by molar-refractivity contribution is 5.91. The van der Waals surface area contributed by atoms with E-state index in [-0.39, 0.29) is 29.6 Å². The van der Waals surface area contributed by atoms with Gasteiger partial charge in [0.1, 0.15) is 11.4 Å². The van der Waals surface area contributed by atoms with E-state index in [9.17, 15) is 24.8 Å². The molecule has 24 heavy (non-hydrogen) atoms. The van der Waals surface area contributed by atoms with Crippen molar-refractivity contribution in [1.29, 1.82) is 0 Å². The summed E-state index contributed by atoms with van der Waals surface area (Å²) in [6, 6.07) is 4.10. The predicted molar refractivity (Wildman–Crippen MR) is 88.1 cm³/mol. The first-order chi connectivity index (χ1) is 11.1. The van der Waals surface area contributed by atoms with E-state index in [1.807, 2.05) is 6.92 Å². The molecule has 1 unspecified atom stereocenters. The summed E-state index contributed by atoms with van der Waals surface area (Å²) in [5.41, 5.74) is -1.18. The van der Waals surface area contributed by atoms with Crippen molar-refractivity contribution in [1.82, 2.24) is 0 Å². The lowest BCUT2D eigenvalue weighted by atomic mass is 9.78. The molecule has 0 heterocycles.